The van der Waals surface area contributed by atoms with Crippen LogP contribution in [0.3, 0.4) is 0 Å². The Bertz CT molecular complexity index is 433. The molecule has 21 heavy (non-hydrogen) atoms. The van der Waals surface area contributed by atoms with Crippen molar-refractivity contribution in [3.8, 4) is 0 Å². The Morgan fingerprint density at radius 3 is 2.33 bits per heavy atom. The van der Waals surface area contributed by atoms with Gasteiger partial charge in [-0.05, 0) is 44.6 Å². The van der Waals surface area contributed by atoms with Gasteiger partial charge in [-0.25, -0.2) is 0 Å². The standard InChI is InChI=1S/C17H28BrClN2/c1-6-13(7-2)17(21(4)5)11-20-12(3)15-9-8-14(18)10-16(15)19/h8-10,12-13,17,20H,6-7,11H2,1-5H3. The van der Waals surface area contributed by atoms with E-state index in [9.17, 15) is 0 Å². The average Bonchev–Trinajstić information content (AvgIpc) is 2.42. The summed E-state index contributed by atoms with van der Waals surface area (Å²) in [5, 5.41) is 4.46. The summed E-state index contributed by atoms with van der Waals surface area (Å²) in [6.45, 7) is 7.71. The Morgan fingerprint density at radius 1 is 1.24 bits per heavy atom. The van der Waals surface area contributed by atoms with E-state index in [1.165, 1.54) is 12.8 Å². The van der Waals surface area contributed by atoms with Gasteiger partial charge in [0.05, 0.1) is 0 Å². The van der Waals surface area contributed by atoms with Crippen LogP contribution in [0, 0.1) is 5.92 Å². The molecular weight excluding hydrogens is 348 g/mol. The molecule has 2 unspecified atom stereocenters. The van der Waals surface area contributed by atoms with Gasteiger partial charge in [-0.2, -0.15) is 0 Å². The lowest BCUT2D eigenvalue weighted by Gasteiger charge is -2.32. The van der Waals surface area contributed by atoms with Crippen LogP contribution < -0.4 is 5.32 Å². The molecule has 1 aromatic carbocycles. The van der Waals surface area contributed by atoms with E-state index >= 15 is 0 Å². The molecule has 0 saturated heterocycles. The lowest BCUT2D eigenvalue weighted by atomic mass is 9.93. The van der Waals surface area contributed by atoms with E-state index in [0.29, 0.717) is 6.04 Å². The van der Waals surface area contributed by atoms with Crippen molar-refractivity contribution in [1.29, 1.82) is 0 Å². The summed E-state index contributed by atoms with van der Waals surface area (Å²) >= 11 is 9.79. The topological polar surface area (TPSA) is 15.3 Å². The molecule has 120 valence electrons. The summed E-state index contributed by atoms with van der Waals surface area (Å²) < 4.78 is 1.02. The van der Waals surface area contributed by atoms with Crippen LogP contribution in [0.2, 0.25) is 5.02 Å². The molecular formula is C17H28BrClN2. The maximum Gasteiger partial charge on any atom is 0.0464 e. The Labute approximate surface area is 143 Å². The zero-order valence-electron chi connectivity index (χ0n) is 13.8. The van der Waals surface area contributed by atoms with E-state index in [1.807, 2.05) is 12.1 Å². The van der Waals surface area contributed by atoms with Crippen LogP contribution in [0.4, 0.5) is 0 Å². The predicted octanol–water partition coefficient (Wildman–Crippen LogP) is 5.12. The number of benzene rings is 1. The second kappa shape index (κ2) is 9.14. The second-order valence-corrected chi connectivity index (χ2v) is 7.23. The van der Waals surface area contributed by atoms with Gasteiger partial charge in [0.1, 0.15) is 0 Å². The fraction of sp³-hybridized carbons (Fsp3) is 0.647. The zero-order valence-corrected chi connectivity index (χ0v) is 16.1. The maximum atomic E-state index is 6.34. The van der Waals surface area contributed by atoms with Gasteiger partial charge < -0.3 is 10.2 Å². The van der Waals surface area contributed by atoms with Crippen LogP contribution in [-0.4, -0.2) is 31.6 Å². The van der Waals surface area contributed by atoms with E-state index in [4.69, 9.17) is 11.6 Å². The van der Waals surface area contributed by atoms with Crippen molar-refractivity contribution in [2.45, 2.75) is 45.7 Å². The van der Waals surface area contributed by atoms with E-state index in [-0.39, 0.29) is 6.04 Å². The summed E-state index contributed by atoms with van der Waals surface area (Å²) in [4.78, 5) is 2.33. The van der Waals surface area contributed by atoms with Crippen LogP contribution >= 0.6 is 27.5 Å². The molecule has 0 bridgehead atoms. The number of hydrogen-bond donors (Lipinski definition) is 1. The van der Waals surface area contributed by atoms with Crippen LogP contribution in [0.1, 0.15) is 45.2 Å². The van der Waals surface area contributed by atoms with Crippen LogP contribution in [0.25, 0.3) is 0 Å². The number of rotatable bonds is 8. The van der Waals surface area contributed by atoms with E-state index in [2.05, 4.69) is 67.1 Å². The van der Waals surface area contributed by atoms with Gasteiger partial charge in [0.2, 0.25) is 0 Å². The van der Waals surface area contributed by atoms with E-state index in [1.54, 1.807) is 0 Å². The highest BCUT2D eigenvalue weighted by Gasteiger charge is 2.21. The zero-order chi connectivity index (χ0) is 16.0. The Balaban J connectivity index is 2.71. The molecule has 0 amide bonds. The van der Waals surface area contributed by atoms with Gasteiger partial charge >= 0.3 is 0 Å². The third-order valence-corrected chi connectivity index (χ3v) is 5.14. The molecule has 0 aliphatic heterocycles. The first-order valence-electron chi connectivity index (χ1n) is 7.75. The minimum Gasteiger partial charge on any atom is -0.309 e. The third-order valence-electron chi connectivity index (χ3n) is 4.32. The molecule has 0 radical (unpaired) electrons. The van der Waals surface area contributed by atoms with Crippen molar-refractivity contribution in [3.63, 3.8) is 0 Å². The number of nitrogens with one attached hydrogen (secondary N) is 1. The summed E-state index contributed by atoms with van der Waals surface area (Å²) in [5.74, 6) is 0.722. The molecule has 0 heterocycles. The first kappa shape index (κ1) is 19.0. The fourth-order valence-corrected chi connectivity index (χ4v) is 3.70. The van der Waals surface area contributed by atoms with E-state index < -0.39 is 0 Å². The van der Waals surface area contributed by atoms with Gasteiger partial charge in [0, 0.05) is 28.1 Å². The highest BCUT2D eigenvalue weighted by atomic mass is 79.9. The van der Waals surface area contributed by atoms with Crippen LogP contribution in [0.5, 0.6) is 0 Å². The SMILES string of the molecule is CCC(CC)C(CNC(C)c1ccc(Br)cc1Cl)N(C)C. The van der Waals surface area contributed by atoms with Crippen molar-refractivity contribution in [1.82, 2.24) is 10.2 Å². The molecule has 0 aromatic heterocycles. The molecule has 2 nitrogen and oxygen atoms in total. The Morgan fingerprint density at radius 2 is 1.86 bits per heavy atom. The molecule has 1 aromatic rings. The largest absolute Gasteiger partial charge is 0.309 e. The van der Waals surface area contributed by atoms with Gasteiger partial charge in [0.15, 0.2) is 0 Å². The van der Waals surface area contributed by atoms with Crippen molar-refractivity contribution in [2.24, 2.45) is 5.92 Å². The molecule has 0 fully saturated rings. The molecule has 1 rings (SSSR count). The molecule has 0 aliphatic rings. The van der Waals surface area contributed by atoms with Gasteiger partial charge in [-0.1, -0.05) is 60.3 Å². The smallest absolute Gasteiger partial charge is 0.0464 e. The summed E-state index contributed by atoms with van der Waals surface area (Å²) in [6.07, 6.45) is 2.43. The van der Waals surface area contributed by atoms with Crippen molar-refractivity contribution in [3.05, 3.63) is 33.3 Å². The fourth-order valence-electron chi connectivity index (χ4n) is 2.86. The maximum absolute atomic E-state index is 6.34. The number of halogens is 2. The molecule has 0 saturated carbocycles. The summed E-state index contributed by atoms with van der Waals surface area (Å²) in [5.41, 5.74) is 1.15. The van der Waals surface area contributed by atoms with Crippen molar-refractivity contribution < 1.29 is 0 Å². The normalized spacial score (nSPS) is 14.7. The molecule has 4 heteroatoms. The molecule has 1 N–H and O–H groups in total. The minimum atomic E-state index is 0.252. The van der Waals surface area contributed by atoms with Crippen LogP contribution in [-0.2, 0) is 0 Å². The van der Waals surface area contributed by atoms with Gasteiger partial charge in [-0.3, -0.25) is 0 Å². The number of hydrogen-bond acceptors (Lipinski definition) is 2. The van der Waals surface area contributed by atoms with Gasteiger partial charge in [-0.15, -0.1) is 0 Å². The second-order valence-electron chi connectivity index (χ2n) is 5.90. The molecule has 2 atom stereocenters. The Kier molecular flexibility index (Phi) is 8.25. The first-order valence-corrected chi connectivity index (χ1v) is 8.92. The molecule has 0 spiro atoms. The highest BCUT2D eigenvalue weighted by Crippen LogP contribution is 2.26. The number of likely N-dealkylation sites (N-methyl/N-ethyl adjacent to an activating group) is 1. The van der Waals surface area contributed by atoms with E-state index in [0.717, 1.165) is 27.5 Å². The predicted molar refractivity (Wildman–Crippen MR) is 97.1 cm³/mol. The highest BCUT2D eigenvalue weighted by molar-refractivity contribution is 9.10. The monoisotopic (exact) mass is 374 g/mol. The first-order chi connectivity index (χ1) is 9.90. The van der Waals surface area contributed by atoms with Gasteiger partial charge in [0.25, 0.3) is 0 Å². The summed E-state index contributed by atoms with van der Waals surface area (Å²) in [7, 11) is 4.34. The Hall–Kier alpha value is -0.0900. The van der Waals surface area contributed by atoms with Crippen molar-refractivity contribution in [2.75, 3.05) is 20.6 Å². The number of nitrogens with zero attached hydrogens (tertiary/aromatic N) is 1. The molecule has 0 aliphatic carbocycles. The lowest BCUT2D eigenvalue weighted by Crippen LogP contribution is -2.43. The van der Waals surface area contributed by atoms with Crippen molar-refractivity contribution >= 4 is 27.5 Å². The summed E-state index contributed by atoms with van der Waals surface area (Å²) in [6, 6.07) is 6.90. The average molecular weight is 376 g/mol. The lowest BCUT2D eigenvalue weighted by molar-refractivity contribution is 0.190. The quantitative estimate of drug-likeness (QED) is 0.678. The van der Waals surface area contributed by atoms with Crippen LogP contribution in [0.15, 0.2) is 22.7 Å². The minimum absolute atomic E-state index is 0.252. The third kappa shape index (κ3) is 5.55.